The zero-order valence-corrected chi connectivity index (χ0v) is 24.8. The summed E-state index contributed by atoms with van der Waals surface area (Å²) in [5.41, 5.74) is 0.416. The van der Waals surface area contributed by atoms with Crippen molar-refractivity contribution in [2.75, 3.05) is 28.3 Å². The van der Waals surface area contributed by atoms with Crippen LogP contribution in [0.2, 0.25) is 0 Å². The number of hydrogen-bond acceptors (Lipinski definition) is 5. The van der Waals surface area contributed by atoms with E-state index in [1.165, 1.54) is 7.11 Å². The van der Waals surface area contributed by atoms with Gasteiger partial charge in [-0.05, 0) is 30.9 Å². The van der Waals surface area contributed by atoms with Crippen molar-refractivity contribution in [2.45, 2.75) is 78.9 Å². The van der Waals surface area contributed by atoms with Gasteiger partial charge in [0.15, 0.2) is 0 Å². The van der Waals surface area contributed by atoms with E-state index in [1.807, 2.05) is 78.8 Å². The maximum Gasteiger partial charge on any atom is 0.272 e. The van der Waals surface area contributed by atoms with Crippen molar-refractivity contribution in [1.29, 1.82) is 0 Å². The highest BCUT2D eigenvalue weighted by atomic mass is 16.7. The molecular weight excluding hydrogens is 468 g/mol. The number of benzene rings is 1. The zero-order valence-electron chi connectivity index (χ0n) is 24.8. The Balaban J connectivity index is 3.31. The summed E-state index contributed by atoms with van der Waals surface area (Å²) in [6.07, 6.45) is 1.79. The Hall–Kier alpha value is -2.71. The predicted molar refractivity (Wildman–Crippen MR) is 149 cm³/mol. The van der Waals surface area contributed by atoms with E-state index in [4.69, 9.17) is 4.84 Å². The van der Waals surface area contributed by atoms with Crippen LogP contribution < -0.4 is 10.6 Å². The fourth-order valence-electron chi connectivity index (χ4n) is 4.49. The summed E-state index contributed by atoms with van der Waals surface area (Å²) in [5, 5.41) is 7.36. The fraction of sp³-hybridized carbons (Fsp3) is 0.621. The number of hydroxylamine groups is 2. The summed E-state index contributed by atoms with van der Waals surface area (Å²) >= 11 is 0. The molecule has 8 nitrogen and oxygen atoms in total. The summed E-state index contributed by atoms with van der Waals surface area (Å²) < 4.78 is 0. The van der Waals surface area contributed by atoms with Gasteiger partial charge in [-0.15, -0.1) is 0 Å². The molecule has 3 amide bonds. The topological polar surface area (TPSA) is 91.0 Å². The Kier molecular flexibility index (Phi) is 11.5. The van der Waals surface area contributed by atoms with E-state index in [9.17, 15) is 14.4 Å². The van der Waals surface area contributed by atoms with Crippen LogP contribution in [0.25, 0.3) is 0 Å². The molecule has 0 aliphatic heterocycles. The van der Waals surface area contributed by atoms with Crippen LogP contribution in [0.5, 0.6) is 0 Å². The molecular formula is C29H48N4O4. The van der Waals surface area contributed by atoms with E-state index < -0.39 is 22.9 Å². The molecule has 8 heteroatoms. The van der Waals surface area contributed by atoms with Crippen molar-refractivity contribution in [3.63, 3.8) is 0 Å². The second kappa shape index (κ2) is 13.2. The van der Waals surface area contributed by atoms with Crippen LogP contribution in [0.4, 0.5) is 0 Å². The molecule has 3 atom stereocenters. The van der Waals surface area contributed by atoms with Crippen molar-refractivity contribution >= 4 is 17.7 Å². The molecule has 2 N–H and O–H groups in total. The third kappa shape index (κ3) is 8.14. The van der Waals surface area contributed by atoms with E-state index in [-0.39, 0.29) is 29.7 Å². The molecule has 0 bridgehead atoms. The molecule has 1 rings (SSSR count). The van der Waals surface area contributed by atoms with Gasteiger partial charge in [-0.2, -0.15) is 0 Å². The highest BCUT2D eigenvalue weighted by molar-refractivity contribution is 5.93. The average molecular weight is 517 g/mol. The van der Waals surface area contributed by atoms with Crippen molar-refractivity contribution in [1.82, 2.24) is 20.6 Å². The lowest BCUT2D eigenvalue weighted by molar-refractivity contribution is -0.164. The second-order valence-electron chi connectivity index (χ2n) is 11.6. The SMILES string of the molecule is CN[C@H](C(=O)N[C@H](C(=O)N(C)[C@H](/C=C(\C)C(=O)N(C)OC)C(C)C)C(C)(C)C)C(C)(C)c1ccccc1. The van der Waals surface area contributed by atoms with Crippen molar-refractivity contribution < 1.29 is 19.2 Å². The first-order valence-electron chi connectivity index (χ1n) is 12.8. The van der Waals surface area contributed by atoms with Gasteiger partial charge in [0.05, 0.1) is 19.2 Å². The van der Waals surface area contributed by atoms with Gasteiger partial charge in [-0.25, -0.2) is 5.06 Å². The molecule has 0 saturated heterocycles. The maximum atomic E-state index is 13.9. The third-order valence-electron chi connectivity index (χ3n) is 6.99. The molecule has 1 aromatic carbocycles. The number of hydrogen-bond donors (Lipinski definition) is 2. The van der Waals surface area contributed by atoms with Crippen LogP contribution in [0.3, 0.4) is 0 Å². The van der Waals surface area contributed by atoms with Crippen LogP contribution in [0, 0.1) is 11.3 Å². The molecule has 208 valence electrons. The first-order chi connectivity index (χ1) is 17.0. The van der Waals surface area contributed by atoms with E-state index >= 15 is 0 Å². The minimum atomic E-state index is -0.778. The summed E-state index contributed by atoms with van der Waals surface area (Å²) in [6, 6.07) is 8.15. The van der Waals surface area contributed by atoms with Gasteiger partial charge in [-0.3, -0.25) is 19.2 Å². The highest BCUT2D eigenvalue weighted by Crippen LogP contribution is 2.29. The minimum Gasteiger partial charge on any atom is -0.342 e. The van der Waals surface area contributed by atoms with Gasteiger partial charge in [0, 0.05) is 25.1 Å². The summed E-state index contributed by atoms with van der Waals surface area (Å²) in [7, 11) is 6.44. The molecule has 0 aliphatic carbocycles. The molecule has 0 heterocycles. The Labute approximate surface area is 223 Å². The molecule has 0 saturated carbocycles. The number of rotatable bonds is 11. The van der Waals surface area contributed by atoms with Gasteiger partial charge in [0.25, 0.3) is 5.91 Å². The van der Waals surface area contributed by atoms with Gasteiger partial charge >= 0.3 is 0 Å². The largest absolute Gasteiger partial charge is 0.342 e. The monoisotopic (exact) mass is 516 g/mol. The molecule has 37 heavy (non-hydrogen) atoms. The Morgan fingerprint density at radius 1 is 0.973 bits per heavy atom. The fourth-order valence-corrected chi connectivity index (χ4v) is 4.49. The second-order valence-corrected chi connectivity index (χ2v) is 11.6. The minimum absolute atomic E-state index is 0.0305. The molecule has 0 aromatic heterocycles. The number of carbonyl (C=O) groups excluding carboxylic acids is 3. The van der Waals surface area contributed by atoms with Crippen LogP contribution in [-0.4, -0.2) is 74.1 Å². The van der Waals surface area contributed by atoms with E-state index in [2.05, 4.69) is 10.6 Å². The predicted octanol–water partition coefficient (Wildman–Crippen LogP) is 3.53. The number of carbonyl (C=O) groups is 3. The van der Waals surface area contributed by atoms with Gasteiger partial charge < -0.3 is 15.5 Å². The number of nitrogens with one attached hydrogen (secondary N) is 2. The first kappa shape index (κ1) is 32.3. The Morgan fingerprint density at radius 2 is 1.51 bits per heavy atom. The standard InChI is InChI=1S/C29H48N4O4/c1-19(2)22(18-20(3)26(35)33(11)37-12)32(10)27(36)24(28(4,5)6)31-25(34)23(30-9)29(7,8)21-16-14-13-15-17-21/h13-19,22-24,30H,1-12H3,(H,31,34)/b20-18+/t22-,23-,24-/m1/s1. The lowest BCUT2D eigenvalue weighted by Gasteiger charge is -2.40. The van der Waals surface area contributed by atoms with Crippen LogP contribution >= 0.6 is 0 Å². The van der Waals surface area contributed by atoms with E-state index in [1.54, 1.807) is 39.0 Å². The summed E-state index contributed by atoms with van der Waals surface area (Å²) in [4.78, 5) is 46.7. The van der Waals surface area contributed by atoms with E-state index in [0.29, 0.717) is 5.57 Å². The molecule has 0 radical (unpaired) electrons. The molecule has 1 aromatic rings. The lowest BCUT2D eigenvalue weighted by atomic mass is 9.76. The van der Waals surface area contributed by atoms with Crippen molar-refractivity contribution in [2.24, 2.45) is 11.3 Å². The first-order valence-corrected chi connectivity index (χ1v) is 12.8. The Morgan fingerprint density at radius 3 is 1.95 bits per heavy atom. The number of nitrogens with zero attached hydrogens (tertiary/aromatic N) is 2. The maximum absolute atomic E-state index is 13.9. The van der Waals surface area contributed by atoms with Gasteiger partial charge in [-0.1, -0.05) is 84.9 Å². The van der Waals surface area contributed by atoms with Crippen molar-refractivity contribution in [3.05, 3.63) is 47.5 Å². The third-order valence-corrected chi connectivity index (χ3v) is 6.99. The molecule has 0 unspecified atom stereocenters. The number of likely N-dealkylation sites (N-methyl/N-ethyl adjacent to an activating group) is 3. The summed E-state index contributed by atoms with van der Waals surface area (Å²) in [6.45, 7) is 15.5. The lowest BCUT2D eigenvalue weighted by Crippen LogP contribution is -2.61. The van der Waals surface area contributed by atoms with Crippen LogP contribution in [-0.2, 0) is 24.6 Å². The van der Waals surface area contributed by atoms with Crippen LogP contribution in [0.1, 0.15) is 61.0 Å². The Bertz CT molecular complexity index is 950. The van der Waals surface area contributed by atoms with Gasteiger partial charge in [0.2, 0.25) is 11.8 Å². The van der Waals surface area contributed by atoms with Crippen molar-refractivity contribution in [3.8, 4) is 0 Å². The molecule has 0 spiro atoms. The zero-order chi connectivity index (χ0) is 28.7. The van der Waals surface area contributed by atoms with Gasteiger partial charge in [0.1, 0.15) is 6.04 Å². The average Bonchev–Trinajstić information content (AvgIpc) is 2.83. The smallest absolute Gasteiger partial charge is 0.272 e. The quantitative estimate of drug-likeness (QED) is 0.347. The van der Waals surface area contributed by atoms with Crippen LogP contribution in [0.15, 0.2) is 42.0 Å². The molecule has 0 fully saturated rings. The summed E-state index contributed by atoms with van der Waals surface area (Å²) in [5.74, 6) is -0.719. The van der Waals surface area contributed by atoms with E-state index in [0.717, 1.165) is 10.6 Å². The highest BCUT2D eigenvalue weighted by Gasteiger charge is 2.41. The number of amides is 3. The normalized spacial score (nSPS) is 15.1. The molecule has 0 aliphatic rings.